The molecule has 2 aromatic heterocycles. The average molecular weight is 357 g/mol. The number of carbonyl (C=O) groups excluding carboxylic acids is 2. The number of thiophene rings is 1. The highest BCUT2D eigenvalue weighted by Gasteiger charge is 2.33. The summed E-state index contributed by atoms with van der Waals surface area (Å²) in [5.74, 6) is -1.87. The number of amides is 1. The molecule has 1 N–H and O–H groups in total. The van der Waals surface area contributed by atoms with E-state index in [4.69, 9.17) is 4.42 Å². The first-order valence-corrected chi connectivity index (χ1v) is 9.15. The number of furan rings is 1. The van der Waals surface area contributed by atoms with Crippen LogP contribution in [0.5, 0.6) is 0 Å². The van der Waals surface area contributed by atoms with Crippen LogP contribution in [0.1, 0.15) is 17.9 Å². The van der Waals surface area contributed by atoms with Crippen molar-refractivity contribution in [3.63, 3.8) is 0 Å². The van der Waals surface area contributed by atoms with Gasteiger partial charge in [-0.1, -0.05) is 6.07 Å². The van der Waals surface area contributed by atoms with Crippen molar-refractivity contribution in [3.8, 4) is 0 Å². The molecule has 0 aliphatic rings. The van der Waals surface area contributed by atoms with Crippen LogP contribution in [-0.4, -0.2) is 33.4 Å². The second-order valence-electron chi connectivity index (χ2n) is 4.41. The van der Waals surface area contributed by atoms with Gasteiger partial charge < -0.3 is 14.5 Å². The molecule has 0 saturated heterocycles. The molecule has 0 aliphatic heterocycles. The predicted molar refractivity (Wildman–Crippen MR) is 82.6 cm³/mol. The quantitative estimate of drug-likeness (QED) is 0.621. The highest BCUT2D eigenvalue weighted by molar-refractivity contribution is 7.93. The van der Waals surface area contributed by atoms with E-state index in [-0.39, 0.29) is 23.1 Å². The number of hydrogen-bond donors (Lipinski definition) is 1. The van der Waals surface area contributed by atoms with Gasteiger partial charge in [-0.15, -0.1) is 11.3 Å². The molecule has 0 aliphatic carbocycles. The molecule has 23 heavy (non-hydrogen) atoms. The van der Waals surface area contributed by atoms with E-state index < -0.39 is 27.0 Å². The van der Waals surface area contributed by atoms with Crippen LogP contribution in [0, 0.1) is 0 Å². The molecule has 1 atom stereocenters. The van der Waals surface area contributed by atoms with Crippen molar-refractivity contribution in [1.29, 1.82) is 0 Å². The zero-order valence-corrected chi connectivity index (χ0v) is 13.9. The highest BCUT2D eigenvalue weighted by atomic mass is 32.2. The summed E-state index contributed by atoms with van der Waals surface area (Å²) in [6, 6.07) is 6.16. The van der Waals surface area contributed by atoms with Gasteiger partial charge >= 0.3 is 11.9 Å². The van der Waals surface area contributed by atoms with Crippen LogP contribution in [0.25, 0.3) is 0 Å². The van der Waals surface area contributed by atoms with Gasteiger partial charge in [-0.05, 0) is 30.5 Å². The summed E-state index contributed by atoms with van der Waals surface area (Å²) in [5.41, 5.74) is 0. The Bertz CT molecular complexity index is 749. The first-order valence-electron chi connectivity index (χ1n) is 6.72. The van der Waals surface area contributed by atoms with E-state index in [1.165, 1.54) is 18.4 Å². The molecule has 0 fully saturated rings. The Labute approximate surface area is 137 Å². The van der Waals surface area contributed by atoms with Crippen LogP contribution < -0.4 is 5.32 Å². The van der Waals surface area contributed by atoms with Crippen LogP contribution in [0.2, 0.25) is 0 Å². The third kappa shape index (κ3) is 3.99. The molecule has 2 heterocycles. The highest BCUT2D eigenvalue weighted by Crippen LogP contribution is 2.31. The molecular formula is C14H15NO6S2. The SMILES string of the molecule is CCOC(=O)C(=O)NC[C@H](c1ccco1)S(=O)(=O)c1cccs1. The van der Waals surface area contributed by atoms with Crippen LogP contribution in [0.3, 0.4) is 0 Å². The minimum absolute atomic E-state index is 0.0569. The summed E-state index contributed by atoms with van der Waals surface area (Å²) in [4.78, 5) is 22.9. The lowest BCUT2D eigenvalue weighted by molar-refractivity contribution is -0.154. The smallest absolute Gasteiger partial charge is 0.396 e. The van der Waals surface area contributed by atoms with Crippen molar-refractivity contribution >= 4 is 33.1 Å². The lowest BCUT2D eigenvalue weighted by atomic mass is 10.3. The van der Waals surface area contributed by atoms with Gasteiger partial charge in [0.1, 0.15) is 15.2 Å². The van der Waals surface area contributed by atoms with Gasteiger partial charge in [0.05, 0.1) is 12.9 Å². The summed E-state index contributed by atoms with van der Waals surface area (Å²) < 4.78 is 35.3. The monoisotopic (exact) mass is 357 g/mol. The summed E-state index contributed by atoms with van der Waals surface area (Å²) in [5, 5.41) is 2.79. The third-order valence-corrected chi connectivity index (χ3v) is 6.41. The molecule has 0 spiro atoms. The Kier molecular flexibility index (Phi) is 5.56. The number of sulfone groups is 1. The van der Waals surface area contributed by atoms with E-state index in [2.05, 4.69) is 10.1 Å². The maximum atomic E-state index is 12.7. The van der Waals surface area contributed by atoms with Crippen molar-refractivity contribution < 1.29 is 27.2 Å². The van der Waals surface area contributed by atoms with Crippen molar-refractivity contribution in [2.75, 3.05) is 13.2 Å². The topological polar surface area (TPSA) is 103 Å². The Morgan fingerprint density at radius 1 is 1.35 bits per heavy atom. The molecule has 0 aromatic carbocycles. The number of ether oxygens (including phenoxy) is 1. The summed E-state index contributed by atoms with van der Waals surface area (Å²) in [6.45, 7) is 1.32. The molecular weight excluding hydrogens is 342 g/mol. The van der Waals surface area contributed by atoms with E-state index >= 15 is 0 Å². The normalized spacial score (nSPS) is 12.6. The van der Waals surface area contributed by atoms with E-state index in [0.717, 1.165) is 11.3 Å². The lowest BCUT2D eigenvalue weighted by Gasteiger charge is -2.15. The molecule has 0 radical (unpaired) electrons. The maximum absolute atomic E-state index is 12.7. The zero-order valence-electron chi connectivity index (χ0n) is 12.2. The second-order valence-corrected chi connectivity index (χ2v) is 7.72. The number of esters is 1. The number of hydrogen-bond acceptors (Lipinski definition) is 7. The molecule has 2 aromatic rings. The fourth-order valence-corrected chi connectivity index (χ4v) is 4.65. The Hall–Kier alpha value is -2.13. The summed E-state index contributed by atoms with van der Waals surface area (Å²) in [6.07, 6.45) is 1.35. The van der Waals surface area contributed by atoms with Gasteiger partial charge in [0.2, 0.25) is 0 Å². The standard InChI is InChI=1S/C14H15NO6S2/c1-2-20-14(17)13(16)15-9-11(10-5-3-7-21-10)23(18,19)12-6-4-8-22-12/h3-8,11H,2,9H2,1H3,(H,15,16)/t11-/m1/s1. The van der Waals surface area contributed by atoms with Crippen LogP contribution >= 0.6 is 11.3 Å². The largest absolute Gasteiger partial charge is 0.468 e. The van der Waals surface area contributed by atoms with Gasteiger partial charge in [-0.3, -0.25) is 4.79 Å². The van der Waals surface area contributed by atoms with Crippen molar-refractivity contribution in [2.24, 2.45) is 0 Å². The van der Waals surface area contributed by atoms with Gasteiger partial charge in [-0.2, -0.15) is 0 Å². The van der Waals surface area contributed by atoms with Crippen molar-refractivity contribution in [1.82, 2.24) is 5.32 Å². The van der Waals surface area contributed by atoms with E-state index in [0.29, 0.717) is 0 Å². The number of rotatable bonds is 6. The van der Waals surface area contributed by atoms with Gasteiger partial charge in [0, 0.05) is 6.54 Å². The van der Waals surface area contributed by atoms with E-state index in [1.54, 1.807) is 24.4 Å². The fourth-order valence-electron chi connectivity index (χ4n) is 1.86. The molecule has 0 bridgehead atoms. The fraction of sp³-hybridized carbons (Fsp3) is 0.286. The number of carbonyl (C=O) groups is 2. The molecule has 2 rings (SSSR count). The number of nitrogens with one attached hydrogen (secondary N) is 1. The van der Waals surface area contributed by atoms with E-state index in [9.17, 15) is 18.0 Å². The summed E-state index contributed by atoms with van der Waals surface area (Å²) >= 11 is 1.07. The Morgan fingerprint density at radius 3 is 2.70 bits per heavy atom. The molecule has 1 amide bonds. The van der Waals surface area contributed by atoms with E-state index in [1.807, 2.05) is 0 Å². The summed E-state index contributed by atoms with van der Waals surface area (Å²) in [7, 11) is -3.76. The van der Waals surface area contributed by atoms with Crippen LogP contribution in [0.4, 0.5) is 0 Å². The molecule has 124 valence electrons. The molecule has 0 unspecified atom stereocenters. The first-order chi connectivity index (χ1) is 11.0. The van der Waals surface area contributed by atoms with Crippen molar-refractivity contribution in [3.05, 3.63) is 41.7 Å². The minimum atomic E-state index is -3.76. The van der Waals surface area contributed by atoms with Crippen molar-refractivity contribution in [2.45, 2.75) is 16.4 Å². The Balaban J connectivity index is 2.20. The second kappa shape index (κ2) is 7.42. The van der Waals surface area contributed by atoms with Crippen LogP contribution in [-0.2, 0) is 24.2 Å². The Morgan fingerprint density at radius 2 is 2.13 bits per heavy atom. The first kappa shape index (κ1) is 17.2. The average Bonchev–Trinajstić information content (AvgIpc) is 3.21. The minimum Gasteiger partial charge on any atom is -0.468 e. The zero-order chi connectivity index (χ0) is 16.9. The maximum Gasteiger partial charge on any atom is 0.396 e. The molecule has 0 saturated carbocycles. The predicted octanol–water partition coefficient (Wildman–Crippen LogP) is 1.54. The molecule has 9 heteroatoms. The molecule has 7 nitrogen and oxygen atoms in total. The van der Waals surface area contributed by atoms with Gasteiger partial charge in [0.25, 0.3) is 0 Å². The lowest BCUT2D eigenvalue weighted by Crippen LogP contribution is -2.37. The third-order valence-electron chi connectivity index (χ3n) is 2.92. The van der Waals surface area contributed by atoms with Crippen LogP contribution in [0.15, 0.2) is 44.5 Å². The van der Waals surface area contributed by atoms with Gasteiger partial charge in [0.15, 0.2) is 9.84 Å². The van der Waals surface area contributed by atoms with Gasteiger partial charge in [-0.25, -0.2) is 13.2 Å².